The molecule has 0 spiro atoms. The van der Waals surface area contributed by atoms with Gasteiger partial charge in [0.05, 0.1) is 108 Å². The van der Waals surface area contributed by atoms with Crippen molar-refractivity contribution >= 4 is 105 Å². The van der Waals surface area contributed by atoms with Crippen molar-refractivity contribution < 1.29 is 133 Å². The van der Waals surface area contributed by atoms with Crippen molar-refractivity contribution in [3.8, 4) is 23.0 Å². The summed E-state index contributed by atoms with van der Waals surface area (Å²) in [6.45, 7) is 13.2. The van der Waals surface area contributed by atoms with E-state index in [9.17, 15) is 76.2 Å². The van der Waals surface area contributed by atoms with Crippen molar-refractivity contribution in [1.82, 2.24) is 40.5 Å². The van der Waals surface area contributed by atoms with E-state index in [1.807, 2.05) is 4.72 Å². The first-order chi connectivity index (χ1) is 60.3. The van der Waals surface area contributed by atoms with E-state index in [-0.39, 0.29) is 174 Å². The molecule has 4 heterocycles. The van der Waals surface area contributed by atoms with Crippen molar-refractivity contribution in [3.05, 3.63) is 132 Å². The standard InChI is InChI=1S/C84H109N13O28S/c1-47(2)71(92-81(108)122-33-31-117-28-25-86-126(112,113)93-82(109)123-46-60-56-15-12-10-11-13-16-57(56)60)75(102)88-51(6)73(100)90-55-23-19-53(20-24-55)45-125-84(111)97-63-41-69(67(116-9)38-59(63)77(104)95-43-49(4)36-65(95)79(97)106)120-27-14-26-119-68-40-62-58(37-66(68)115-8)76(103)94-42-48(3)35-64(94)78(105)96(62)83(110)124-44-52-17-21-54(22-18-52)89-72(99)50(5)87-74(101)61(39-70(85)98)91-80(107)121-34-32-118-30-29-114-7/h10-11,17-24,37-38,40-41,47,50-51,56-57,60-61,64-65,71,78-79,86,105-106H,3-4,12-16,25-36,39,42-46H2,1-2,5-9H3,(H2,85,98)(H,87,101)(H,88,102)(H,89,99)(H,90,100)(H,91,107)(H,92,108)(H,93,109)/b11-10-/t50-,51-,56-,57+,60?,61-,64?,65-,71-,78-,79-/m0/s1. The Morgan fingerprint density at radius 3 is 1.46 bits per heavy atom. The molecule has 3 fully saturated rings. The van der Waals surface area contributed by atoms with Crippen LogP contribution in [0, 0.1) is 23.7 Å². The summed E-state index contributed by atoms with van der Waals surface area (Å²) in [5, 5.41) is 39.3. The molecular weight excluding hydrogens is 1670 g/mol. The van der Waals surface area contributed by atoms with Crippen molar-refractivity contribution in [2.24, 2.45) is 29.4 Å². The number of methoxy groups -OCH3 is 3. The maximum Gasteiger partial charge on any atom is 0.421 e. The molecule has 2 saturated heterocycles. The van der Waals surface area contributed by atoms with E-state index >= 15 is 0 Å². The molecule has 11 atom stereocenters. The van der Waals surface area contributed by atoms with Crippen LogP contribution in [-0.2, 0) is 85.3 Å². The third-order valence-electron chi connectivity index (χ3n) is 21.5. The van der Waals surface area contributed by atoms with Crippen molar-refractivity contribution in [2.75, 3.05) is 127 Å². The molecule has 684 valence electrons. The number of benzene rings is 4. The number of aliphatic hydroxyl groups is 2. The Kier molecular flexibility index (Phi) is 34.2. The van der Waals surface area contributed by atoms with Gasteiger partial charge in [-0.15, -0.1) is 0 Å². The Balaban J connectivity index is 0.699. The van der Waals surface area contributed by atoms with Gasteiger partial charge in [0.2, 0.25) is 29.5 Å². The largest absolute Gasteiger partial charge is 0.493 e. The summed E-state index contributed by atoms with van der Waals surface area (Å²) in [4.78, 5) is 165. The van der Waals surface area contributed by atoms with Gasteiger partial charge < -0.3 is 114 Å². The fourth-order valence-electron chi connectivity index (χ4n) is 14.9. The van der Waals surface area contributed by atoms with E-state index in [1.165, 1.54) is 106 Å². The second-order valence-corrected chi connectivity index (χ2v) is 32.4. The first-order valence-electron chi connectivity index (χ1n) is 41.0. The monoisotopic (exact) mass is 1780 g/mol. The molecule has 10 rings (SSSR count). The topological polar surface area (TPSA) is 525 Å². The molecule has 126 heavy (non-hydrogen) atoms. The predicted molar refractivity (Wildman–Crippen MR) is 450 cm³/mol. The van der Waals surface area contributed by atoms with Crippen LogP contribution in [0.5, 0.6) is 23.0 Å². The summed E-state index contributed by atoms with van der Waals surface area (Å²) in [7, 11) is -0.0657. The van der Waals surface area contributed by atoms with E-state index in [0.29, 0.717) is 40.7 Å². The van der Waals surface area contributed by atoms with Gasteiger partial charge in [-0.1, -0.05) is 74.6 Å². The number of carbonyl (C=O) groups excluding carboxylic acids is 12. The van der Waals surface area contributed by atoms with Gasteiger partial charge in [-0.3, -0.25) is 33.6 Å². The summed E-state index contributed by atoms with van der Waals surface area (Å²) >= 11 is 0. The van der Waals surface area contributed by atoms with Gasteiger partial charge in [0.25, 0.3) is 11.8 Å². The van der Waals surface area contributed by atoms with Crippen LogP contribution in [0.15, 0.2) is 109 Å². The number of alkyl carbamates (subject to hydrolysis) is 2. The minimum absolute atomic E-state index is 0.0338. The number of rotatable bonds is 41. The fraction of sp³-hybridized carbons (Fsp3) is 0.500. The molecule has 12 amide bonds. The van der Waals surface area contributed by atoms with E-state index < -0.39 is 143 Å². The van der Waals surface area contributed by atoms with Crippen LogP contribution in [0.25, 0.3) is 0 Å². The summed E-state index contributed by atoms with van der Waals surface area (Å²) < 4.78 is 95.2. The average molecular weight is 1780 g/mol. The lowest BCUT2D eigenvalue weighted by atomic mass is 10.0. The minimum atomic E-state index is -4.25. The first-order valence-corrected chi connectivity index (χ1v) is 42.5. The third kappa shape index (κ3) is 25.9. The fourth-order valence-corrected chi connectivity index (χ4v) is 15.6. The predicted octanol–water partition coefficient (Wildman–Crippen LogP) is 4.88. The lowest BCUT2D eigenvalue weighted by Gasteiger charge is -2.31. The number of hydrogen-bond donors (Lipinski definition) is 11. The summed E-state index contributed by atoms with van der Waals surface area (Å²) in [6, 6.07) is 10.8. The maximum atomic E-state index is 14.5. The minimum Gasteiger partial charge on any atom is -0.493 e. The molecule has 0 bridgehead atoms. The SMILES string of the molecule is C=C1CC2[C@H](O)N(C(=O)OCc3ccc(NC(=O)[C@H](C)NC(=O)[C@H](CC(N)=O)NC(=O)OCCOCCOC)cc3)c3cc(OCCCOc4cc5c(cc4OC)C(=O)N4CC(=C)C[C@H]4[C@H](O)N5C(=O)OCc4ccc(NC(=O)[C@H](C)NC(=O)[C@@H](NC(=O)OCCOCCNS(=O)(=O)NC(=O)OCC5[C@H]6CC/C=C\CC[C@@H]56)C(C)C)cc4)c(OC)cc3C(=O)N2C1. The number of nitrogens with two attached hydrogens (primary N) is 1. The van der Waals surface area contributed by atoms with Crippen LogP contribution < -0.4 is 75.8 Å². The van der Waals surface area contributed by atoms with Crippen LogP contribution in [0.2, 0.25) is 0 Å². The number of amides is 12. The van der Waals surface area contributed by atoms with Crippen molar-refractivity contribution in [2.45, 2.75) is 141 Å². The number of nitrogens with zero attached hydrogens (tertiary/aromatic N) is 4. The third-order valence-corrected chi connectivity index (χ3v) is 22.5. The Morgan fingerprint density at radius 1 is 0.540 bits per heavy atom. The second kappa shape index (κ2) is 45.0. The second-order valence-electron chi connectivity index (χ2n) is 30.9. The van der Waals surface area contributed by atoms with Crippen LogP contribution in [0.3, 0.4) is 0 Å². The molecule has 0 radical (unpaired) electrons. The molecule has 42 heteroatoms. The Morgan fingerprint density at radius 2 is 1.00 bits per heavy atom. The molecule has 4 aliphatic heterocycles. The number of ether oxygens (including phenoxy) is 12. The van der Waals surface area contributed by atoms with Gasteiger partial charge in [0.1, 0.15) is 50.6 Å². The zero-order chi connectivity index (χ0) is 91.1. The number of allylic oxidation sites excluding steroid dienone is 2. The molecule has 4 aromatic carbocycles. The Hall–Kier alpha value is -12.3. The maximum absolute atomic E-state index is 14.5. The molecule has 2 aliphatic carbocycles. The van der Waals surface area contributed by atoms with E-state index in [2.05, 4.69) is 61.9 Å². The zero-order valence-corrected chi connectivity index (χ0v) is 71.8. The number of hydrogen-bond acceptors (Lipinski definition) is 28. The highest BCUT2D eigenvalue weighted by molar-refractivity contribution is 7.88. The summed E-state index contributed by atoms with van der Waals surface area (Å²) in [5.41, 5.74) is 7.72. The zero-order valence-electron chi connectivity index (χ0n) is 71.0. The summed E-state index contributed by atoms with van der Waals surface area (Å²) in [5.74, 6) is -4.05. The normalized spacial score (nSPS) is 19.8. The first kappa shape index (κ1) is 95.9. The number of nitrogens with one attached hydrogen (secondary N) is 8. The molecule has 1 saturated carbocycles. The van der Waals surface area contributed by atoms with E-state index in [1.54, 1.807) is 26.0 Å². The quantitative estimate of drug-likeness (QED) is 0.0160. The van der Waals surface area contributed by atoms with Crippen LogP contribution in [0.1, 0.15) is 111 Å². The lowest BCUT2D eigenvalue weighted by molar-refractivity contribution is -0.129. The average Bonchev–Trinajstić information content (AvgIpc) is 1.59. The number of aliphatic hydroxyl groups excluding tert-OH is 2. The van der Waals surface area contributed by atoms with Crippen molar-refractivity contribution in [1.29, 1.82) is 0 Å². The molecular formula is C84H109N13O28S. The number of fused-ring (bicyclic) bond motifs is 5. The van der Waals surface area contributed by atoms with Gasteiger partial charge in [-0.05, 0) is 124 Å². The highest BCUT2D eigenvalue weighted by Crippen LogP contribution is 2.53. The molecule has 41 nitrogen and oxygen atoms in total. The van der Waals surface area contributed by atoms with Gasteiger partial charge >= 0.3 is 40.7 Å². The van der Waals surface area contributed by atoms with Gasteiger partial charge in [0.15, 0.2) is 35.5 Å². The van der Waals surface area contributed by atoms with E-state index in [4.69, 9.17) is 62.6 Å². The van der Waals surface area contributed by atoms with E-state index in [0.717, 1.165) is 35.5 Å². The van der Waals surface area contributed by atoms with Gasteiger partial charge in [-0.2, -0.15) is 13.1 Å². The molecule has 4 aromatic rings. The Bertz CT molecular complexity index is 4770. The molecule has 6 aliphatic rings. The lowest BCUT2D eigenvalue weighted by Crippen LogP contribution is -2.53. The van der Waals surface area contributed by atoms with Gasteiger partial charge in [-0.25, -0.2) is 38.5 Å². The number of anilines is 4. The van der Waals surface area contributed by atoms with Crippen molar-refractivity contribution in [3.63, 3.8) is 0 Å². The highest BCUT2D eigenvalue weighted by Gasteiger charge is 2.51. The van der Waals surface area contributed by atoms with Gasteiger partial charge in [0, 0.05) is 56.7 Å². The molecule has 0 aromatic heterocycles. The Labute approximate surface area is 727 Å². The smallest absolute Gasteiger partial charge is 0.421 e. The summed E-state index contributed by atoms with van der Waals surface area (Å²) in [6.07, 6.45) is -0.498. The van der Waals surface area contributed by atoms with Crippen LogP contribution in [0.4, 0.5) is 46.7 Å². The number of carbonyl (C=O) groups is 12. The molecule has 12 N–H and O–H groups in total. The van der Waals surface area contributed by atoms with Crippen LogP contribution in [-0.4, -0.2) is 256 Å². The molecule has 2 unspecified atom stereocenters. The highest BCUT2D eigenvalue weighted by atomic mass is 32.2. The van der Waals surface area contributed by atoms with Crippen LogP contribution >= 0.6 is 0 Å². The number of primary amides is 1.